The molecule has 0 spiro atoms. The molecular formula is C21H20N4O6. The van der Waals surface area contributed by atoms with Gasteiger partial charge in [-0.05, 0) is 24.3 Å². The number of ether oxygens (including phenoxy) is 2. The maximum absolute atomic E-state index is 12.6. The second kappa shape index (κ2) is 9.13. The fourth-order valence-electron chi connectivity index (χ4n) is 3.31. The first-order chi connectivity index (χ1) is 14.8. The van der Waals surface area contributed by atoms with Crippen LogP contribution in [0.5, 0.6) is 11.5 Å². The molecule has 10 heteroatoms. The summed E-state index contributed by atoms with van der Waals surface area (Å²) in [6.45, 7) is 3.32. The summed E-state index contributed by atoms with van der Waals surface area (Å²) < 4.78 is 10.5. The molecule has 1 aliphatic heterocycles. The van der Waals surface area contributed by atoms with E-state index in [0.29, 0.717) is 37.4 Å². The summed E-state index contributed by atoms with van der Waals surface area (Å²) in [4.78, 5) is 38.7. The average Bonchev–Trinajstić information content (AvgIpc) is 2.78. The Balaban J connectivity index is 1.83. The van der Waals surface area contributed by atoms with Crippen molar-refractivity contribution in [1.29, 1.82) is 5.26 Å². The van der Waals surface area contributed by atoms with Crippen LogP contribution in [0.2, 0.25) is 0 Å². The van der Waals surface area contributed by atoms with Crippen LogP contribution in [0.4, 0.5) is 11.4 Å². The molecule has 0 aliphatic carbocycles. The van der Waals surface area contributed by atoms with Crippen LogP contribution in [0, 0.1) is 21.4 Å². The molecule has 0 bridgehead atoms. The molecule has 1 amide bonds. The quantitative estimate of drug-likeness (QED) is 0.310. The van der Waals surface area contributed by atoms with Crippen molar-refractivity contribution in [2.24, 2.45) is 0 Å². The van der Waals surface area contributed by atoms with Crippen molar-refractivity contribution in [3.8, 4) is 17.6 Å². The van der Waals surface area contributed by atoms with Gasteiger partial charge < -0.3 is 19.3 Å². The van der Waals surface area contributed by atoms with Crippen LogP contribution in [-0.4, -0.2) is 55.0 Å². The van der Waals surface area contributed by atoms with E-state index in [2.05, 4.69) is 0 Å². The predicted molar refractivity (Wildman–Crippen MR) is 110 cm³/mol. The summed E-state index contributed by atoms with van der Waals surface area (Å²) in [6.07, 6.45) is 0. The highest BCUT2D eigenvalue weighted by molar-refractivity contribution is 5.93. The van der Waals surface area contributed by atoms with Crippen molar-refractivity contribution < 1.29 is 24.0 Å². The second-order valence-electron chi connectivity index (χ2n) is 6.82. The van der Waals surface area contributed by atoms with E-state index < -0.39 is 10.9 Å². The average molecular weight is 424 g/mol. The molecule has 0 atom stereocenters. The monoisotopic (exact) mass is 424 g/mol. The normalized spacial score (nSPS) is 13.3. The second-order valence-corrected chi connectivity index (χ2v) is 6.82. The Labute approximate surface area is 178 Å². The third-order valence-corrected chi connectivity index (χ3v) is 4.97. The zero-order chi connectivity index (χ0) is 22.5. The van der Waals surface area contributed by atoms with Crippen LogP contribution in [0.3, 0.4) is 0 Å². The number of methoxy groups -OCH3 is 1. The number of benzene rings is 2. The summed E-state index contributed by atoms with van der Waals surface area (Å²) >= 11 is 0. The zero-order valence-electron chi connectivity index (χ0n) is 17.0. The lowest BCUT2D eigenvalue weighted by molar-refractivity contribution is -0.384. The van der Waals surface area contributed by atoms with E-state index in [0.717, 1.165) is 0 Å². The minimum absolute atomic E-state index is 0.00392. The van der Waals surface area contributed by atoms with Gasteiger partial charge in [-0.1, -0.05) is 0 Å². The fourth-order valence-corrected chi connectivity index (χ4v) is 3.31. The van der Waals surface area contributed by atoms with Crippen LogP contribution >= 0.6 is 0 Å². The number of rotatable bonds is 5. The first kappa shape index (κ1) is 21.6. The molecule has 0 radical (unpaired) electrons. The highest BCUT2D eigenvalue weighted by Crippen LogP contribution is 2.32. The van der Waals surface area contributed by atoms with Crippen molar-refractivity contribution in [3.63, 3.8) is 0 Å². The number of nitriles is 1. The van der Waals surface area contributed by atoms with Crippen LogP contribution in [-0.2, 0) is 4.79 Å². The Hall–Kier alpha value is -4.13. The van der Waals surface area contributed by atoms with Gasteiger partial charge in [-0.3, -0.25) is 14.9 Å². The van der Waals surface area contributed by atoms with E-state index in [1.165, 1.54) is 50.4 Å². The Kier molecular flexibility index (Phi) is 6.35. The first-order valence-electron chi connectivity index (χ1n) is 9.43. The van der Waals surface area contributed by atoms with Gasteiger partial charge in [0.1, 0.15) is 5.69 Å². The Bertz CT molecular complexity index is 1070. The maximum atomic E-state index is 12.6. The predicted octanol–water partition coefficient (Wildman–Crippen LogP) is 2.36. The van der Waals surface area contributed by atoms with Crippen LogP contribution < -0.4 is 14.4 Å². The molecule has 1 heterocycles. The molecule has 2 aromatic rings. The van der Waals surface area contributed by atoms with Crippen molar-refractivity contribution >= 4 is 23.3 Å². The maximum Gasteiger partial charge on any atom is 0.343 e. The number of carbonyl (C=O) groups is 2. The molecule has 1 fully saturated rings. The topological polar surface area (TPSA) is 126 Å². The molecule has 0 aromatic heterocycles. The number of hydrogen-bond donors (Lipinski definition) is 0. The lowest BCUT2D eigenvalue weighted by Crippen LogP contribution is -2.48. The Morgan fingerprint density at radius 1 is 1.10 bits per heavy atom. The minimum Gasteiger partial charge on any atom is -0.493 e. The number of piperazine rings is 1. The summed E-state index contributed by atoms with van der Waals surface area (Å²) in [6, 6.07) is 10.4. The number of carbonyl (C=O) groups excluding carboxylic acids is 2. The van der Waals surface area contributed by atoms with Crippen LogP contribution in [0.1, 0.15) is 22.8 Å². The van der Waals surface area contributed by atoms with Gasteiger partial charge in [-0.15, -0.1) is 0 Å². The molecule has 10 nitrogen and oxygen atoms in total. The smallest absolute Gasteiger partial charge is 0.343 e. The number of amides is 1. The van der Waals surface area contributed by atoms with E-state index >= 15 is 0 Å². The van der Waals surface area contributed by atoms with Gasteiger partial charge >= 0.3 is 5.97 Å². The van der Waals surface area contributed by atoms with Crippen molar-refractivity contribution in [3.05, 3.63) is 57.6 Å². The minimum atomic E-state index is -0.793. The Morgan fingerprint density at radius 2 is 1.81 bits per heavy atom. The summed E-state index contributed by atoms with van der Waals surface area (Å²) in [5, 5.41) is 20.6. The van der Waals surface area contributed by atoms with E-state index in [4.69, 9.17) is 14.7 Å². The summed E-state index contributed by atoms with van der Waals surface area (Å²) in [5.74, 6) is -0.537. The van der Waals surface area contributed by atoms with Gasteiger partial charge in [0.2, 0.25) is 5.91 Å². The van der Waals surface area contributed by atoms with Crippen molar-refractivity contribution in [2.75, 3.05) is 38.2 Å². The Morgan fingerprint density at radius 3 is 2.39 bits per heavy atom. The van der Waals surface area contributed by atoms with E-state index in [-0.39, 0.29) is 28.7 Å². The molecule has 0 unspecified atom stereocenters. The van der Waals surface area contributed by atoms with Gasteiger partial charge in [0.15, 0.2) is 11.5 Å². The molecule has 3 rings (SSSR count). The van der Waals surface area contributed by atoms with Gasteiger partial charge in [0.25, 0.3) is 5.69 Å². The fraction of sp³-hybridized carbons (Fsp3) is 0.286. The standard InChI is InChI=1S/C21H20N4O6/c1-14(26)23-7-9-24(10-8-23)17-5-4-16(12-18(17)25(28)29)21(27)31-19-6-3-15(13-22)11-20(19)30-2/h3-6,11-12H,7-10H2,1-2H3. The molecule has 2 aromatic carbocycles. The molecule has 0 N–H and O–H groups in total. The highest BCUT2D eigenvalue weighted by atomic mass is 16.6. The van der Waals surface area contributed by atoms with E-state index in [9.17, 15) is 19.7 Å². The third-order valence-electron chi connectivity index (χ3n) is 4.97. The molecule has 1 aliphatic rings. The van der Waals surface area contributed by atoms with Gasteiger partial charge in [0, 0.05) is 45.2 Å². The number of hydrogen-bond acceptors (Lipinski definition) is 8. The summed E-state index contributed by atoms with van der Waals surface area (Å²) in [7, 11) is 1.37. The molecule has 160 valence electrons. The number of anilines is 1. The van der Waals surface area contributed by atoms with Crippen molar-refractivity contribution in [2.45, 2.75) is 6.92 Å². The highest BCUT2D eigenvalue weighted by Gasteiger charge is 2.26. The molecule has 31 heavy (non-hydrogen) atoms. The lowest BCUT2D eigenvalue weighted by atomic mass is 10.1. The molecular weight excluding hydrogens is 404 g/mol. The third kappa shape index (κ3) is 4.72. The molecule has 1 saturated heterocycles. The number of esters is 1. The van der Waals surface area contributed by atoms with Gasteiger partial charge in [0.05, 0.1) is 29.2 Å². The largest absolute Gasteiger partial charge is 0.493 e. The number of nitro benzene ring substituents is 1. The zero-order valence-corrected chi connectivity index (χ0v) is 17.0. The van der Waals surface area contributed by atoms with E-state index in [1.807, 2.05) is 11.0 Å². The van der Waals surface area contributed by atoms with Gasteiger partial charge in [-0.2, -0.15) is 5.26 Å². The van der Waals surface area contributed by atoms with Crippen molar-refractivity contribution in [1.82, 2.24) is 4.90 Å². The number of nitro groups is 1. The van der Waals surface area contributed by atoms with Gasteiger partial charge in [-0.25, -0.2) is 4.79 Å². The summed E-state index contributed by atoms with van der Waals surface area (Å²) in [5.41, 5.74) is 0.490. The SMILES string of the molecule is COc1cc(C#N)ccc1OC(=O)c1ccc(N2CCN(C(C)=O)CC2)c([N+](=O)[O-])c1. The molecule has 0 saturated carbocycles. The van der Waals surface area contributed by atoms with Crippen LogP contribution in [0.25, 0.3) is 0 Å². The first-order valence-corrected chi connectivity index (χ1v) is 9.43. The van der Waals surface area contributed by atoms with Crippen LogP contribution in [0.15, 0.2) is 36.4 Å². The van der Waals surface area contributed by atoms with E-state index in [1.54, 1.807) is 4.90 Å². The number of nitrogens with zero attached hydrogens (tertiary/aromatic N) is 4. The lowest BCUT2D eigenvalue weighted by Gasteiger charge is -2.35.